The van der Waals surface area contributed by atoms with Gasteiger partial charge in [-0.2, -0.15) is 13.2 Å². The molecule has 1 aromatic rings. The van der Waals surface area contributed by atoms with Crippen LogP contribution in [0.2, 0.25) is 0 Å². The third-order valence-electron chi connectivity index (χ3n) is 3.31. The molecule has 5 nitrogen and oxygen atoms in total. The minimum atomic E-state index is -4.81. The maximum atomic E-state index is 12.9. The molecule has 1 amide bonds. The molecule has 2 atom stereocenters. The highest BCUT2D eigenvalue weighted by molar-refractivity contribution is 5.85. The van der Waals surface area contributed by atoms with Crippen LogP contribution in [0.5, 0.6) is 0 Å². The Balaban J connectivity index is 0.00000200. The average molecular weight is 314 g/mol. The number of aromatic nitrogens is 2. The van der Waals surface area contributed by atoms with Gasteiger partial charge in [-0.25, -0.2) is 4.98 Å². The van der Waals surface area contributed by atoms with Gasteiger partial charge in [0.2, 0.25) is 12.0 Å². The van der Waals surface area contributed by atoms with Crippen molar-refractivity contribution in [2.75, 3.05) is 6.54 Å². The summed E-state index contributed by atoms with van der Waals surface area (Å²) >= 11 is 0. The van der Waals surface area contributed by atoms with E-state index in [-0.39, 0.29) is 31.5 Å². The summed E-state index contributed by atoms with van der Waals surface area (Å²) in [4.78, 5) is 15.9. The Morgan fingerprint density at radius 1 is 1.50 bits per heavy atom. The average Bonchev–Trinajstić information content (AvgIpc) is 2.71. The van der Waals surface area contributed by atoms with Crippen LogP contribution >= 0.6 is 12.4 Å². The number of carbonyl (C=O) groups is 1. The van der Waals surface area contributed by atoms with Crippen LogP contribution in [0, 0.1) is 0 Å². The lowest BCUT2D eigenvalue weighted by atomic mass is 10.0. The van der Waals surface area contributed by atoms with Gasteiger partial charge < -0.3 is 14.6 Å². The van der Waals surface area contributed by atoms with E-state index in [1.807, 2.05) is 0 Å². The maximum absolute atomic E-state index is 12.9. The molecule has 0 saturated heterocycles. The van der Waals surface area contributed by atoms with Crippen LogP contribution in [0.4, 0.5) is 13.2 Å². The topological polar surface area (TPSA) is 58.4 Å². The fourth-order valence-electron chi connectivity index (χ4n) is 2.27. The number of imidazole rings is 1. The van der Waals surface area contributed by atoms with Gasteiger partial charge in [-0.3, -0.25) is 4.79 Å². The van der Waals surface area contributed by atoms with E-state index in [4.69, 9.17) is 0 Å². The lowest BCUT2D eigenvalue weighted by Crippen LogP contribution is -2.44. The molecule has 1 aromatic heterocycles. The second kappa shape index (κ2) is 5.25. The normalized spacial score (nSPS) is 21.7. The van der Waals surface area contributed by atoms with Gasteiger partial charge in [0, 0.05) is 6.54 Å². The number of rotatable bonds is 2. The zero-order valence-electron chi connectivity index (χ0n) is 10.9. The van der Waals surface area contributed by atoms with E-state index in [1.165, 1.54) is 15.7 Å². The fourth-order valence-corrected chi connectivity index (χ4v) is 2.27. The molecule has 0 saturated carbocycles. The smallest absolute Gasteiger partial charge is 0.374 e. The molecule has 1 aliphatic heterocycles. The first-order valence-electron chi connectivity index (χ1n) is 5.73. The largest absolute Gasteiger partial charge is 0.424 e. The summed E-state index contributed by atoms with van der Waals surface area (Å²) in [6, 6.07) is -0.375. The van der Waals surface area contributed by atoms with Crippen molar-refractivity contribution in [3.63, 3.8) is 0 Å². The first-order valence-corrected chi connectivity index (χ1v) is 5.73. The lowest BCUT2D eigenvalue weighted by Gasteiger charge is -2.34. The molecule has 0 aromatic carbocycles. The molecule has 20 heavy (non-hydrogen) atoms. The van der Waals surface area contributed by atoms with Crippen LogP contribution in [-0.2, 0) is 16.9 Å². The van der Waals surface area contributed by atoms with Crippen molar-refractivity contribution in [1.82, 2.24) is 14.5 Å². The number of hydrogen-bond acceptors (Lipinski definition) is 3. The molecule has 0 bridgehead atoms. The Bertz CT molecular complexity index is 502. The van der Waals surface area contributed by atoms with E-state index in [0.717, 1.165) is 0 Å². The number of aliphatic hydroxyl groups is 1. The Kier molecular flexibility index (Phi) is 4.40. The number of hydrogen-bond donors (Lipinski definition) is 1. The zero-order valence-corrected chi connectivity index (χ0v) is 11.7. The van der Waals surface area contributed by atoms with Crippen LogP contribution in [-0.4, -0.2) is 38.7 Å². The van der Waals surface area contributed by atoms with Gasteiger partial charge in [0.05, 0.1) is 24.5 Å². The third kappa shape index (κ3) is 2.49. The standard InChI is InChI=1S/C11H14F3N3O2.ClH/c1-7-4-16(6-18)5-8-3-15-9(17(7)8)10(2,19)11(12,13)14;/h3,6-7,19H,4-5H2,1-2H3;1H. The number of amides is 1. The van der Waals surface area contributed by atoms with E-state index in [9.17, 15) is 23.1 Å². The summed E-state index contributed by atoms with van der Waals surface area (Å²) in [5.74, 6) is -0.437. The molecule has 0 spiro atoms. The number of nitrogens with zero attached hydrogens (tertiary/aromatic N) is 3. The number of fused-ring (bicyclic) bond motifs is 1. The second-order valence-corrected chi connectivity index (χ2v) is 4.90. The Morgan fingerprint density at radius 2 is 2.10 bits per heavy atom. The molecular formula is C11H15ClF3N3O2. The van der Waals surface area contributed by atoms with Gasteiger partial charge >= 0.3 is 6.18 Å². The Hall–Kier alpha value is -1.28. The van der Waals surface area contributed by atoms with Gasteiger partial charge in [0.25, 0.3) is 0 Å². The highest BCUT2D eigenvalue weighted by Crippen LogP contribution is 2.39. The van der Waals surface area contributed by atoms with Gasteiger partial charge in [-0.1, -0.05) is 0 Å². The van der Waals surface area contributed by atoms with Crippen LogP contribution in [0.1, 0.15) is 31.4 Å². The number of alkyl halides is 3. The number of halogens is 4. The van der Waals surface area contributed by atoms with Crippen LogP contribution in [0.25, 0.3) is 0 Å². The highest BCUT2D eigenvalue weighted by atomic mass is 35.5. The third-order valence-corrected chi connectivity index (χ3v) is 3.31. The Labute approximate surface area is 119 Å². The fraction of sp³-hybridized carbons (Fsp3) is 0.636. The number of carbonyl (C=O) groups excluding carboxylic acids is 1. The molecule has 0 aliphatic carbocycles. The second-order valence-electron chi connectivity index (χ2n) is 4.90. The molecule has 0 radical (unpaired) electrons. The van der Waals surface area contributed by atoms with Crippen molar-refractivity contribution in [2.45, 2.75) is 38.2 Å². The first kappa shape index (κ1) is 16.8. The minimum Gasteiger partial charge on any atom is -0.374 e. The van der Waals surface area contributed by atoms with Crippen molar-refractivity contribution in [3.8, 4) is 0 Å². The van der Waals surface area contributed by atoms with Crippen molar-refractivity contribution in [1.29, 1.82) is 0 Å². The van der Waals surface area contributed by atoms with Crippen molar-refractivity contribution in [2.24, 2.45) is 0 Å². The summed E-state index contributed by atoms with van der Waals surface area (Å²) in [5.41, 5.74) is -2.53. The van der Waals surface area contributed by atoms with Crippen LogP contribution in [0.15, 0.2) is 6.20 Å². The lowest BCUT2D eigenvalue weighted by molar-refractivity contribution is -0.263. The molecule has 2 heterocycles. The van der Waals surface area contributed by atoms with Gasteiger partial charge in [-0.05, 0) is 13.8 Å². The van der Waals surface area contributed by atoms with E-state index >= 15 is 0 Å². The molecule has 1 N–H and O–H groups in total. The van der Waals surface area contributed by atoms with Gasteiger partial charge in [-0.15, -0.1) is 12.4 Å². The van der Waals surface area contributed by atoms with Crippen molar-refractivity contribution >= 4 is 18.8 Å². The van der Waals surface area contributed by atoms with E-state index in [1.54, 1.807) is 6.92 Å². The Morgan fingerprint density at radius 3 is 2.60 bits per heavy atom. The quantitative estimate of drug-likeness (QED) is 0.844. The van der Waals surface area contributed by atoms with E-state index in [2.05, 4.69) is 4.98 Å². The predicted molar refractivity (Wildman–Crippen MR) is 66.3 cm³/mol. The molecular weight excluding hydrogens is 299 g/mol. The summed E-state index contributed by atoms with van der Waals surface area (Å²) in [5, 5.41) is 9.72. The molecule has 2 rings (SSSR count). The summed E-state index contributed by atoms with van der Waals surface area (Å²) in [6.45, 7) is 2.83. The van der Waals surface area contributed by atoms with E-state index < -0.39 is 17.6 Å². The molecule has 9 heteroatoms. The highest BCUT2D eigenvalue weighted by Gasteiger charge is 2.54. The molecule has 1 aliphatic rings. The van der Waals surface area contributed by atoms with Gasteiger partial charge in [0.15, 0.2) is 5.82 Å². The summed E-state index contributed by atoms with van der Waals surface area (Å²) in [7, 11) is 0. The molecule has 2 unspecified atom stereocenters. The predicted octanol–water partition coefficient (Wildman–Crippen LogP) is 1.61. The SMILES string of the molecule is CC1CN(C=O)Cc2cnc(C(C)(O)C(F)(F)F)n21.Cl. The van der Waals surface area contributed by atoms with Crippen molar-refractivity contribution < 1.29 is 23.1 Å². The summed E-state index contributed by atoms with van der Waals surface area (Å²) in [6.07, 6.45) is -2.90. The van der Waals surface area contributed by atoms with Crippen LogP contribution in [0.3, 0.4) is 0 Å². The van der Waals surface area contributed by atoms with E-state index in [0.29, 0.717) is 19.0 Å². The zero-order chi connectivity index (χ0) is 14.4. The molecule has 114 valence electrons. The van der Waals surface area contributed by atoms with Crippen molar-refractivity contribution in [3.05, 3.63) is 17.7 Å². The molecule has 0 fully saturated rings. The van der Waals surface area contributed by atoms with Crippen LogP contribution < -0.4 is 0 Å². The summed E-state index contributed by atoms with van der Waals surface area (Å²) < 4.78 is 40.0. The minimum absolute atomic E-state index is 0. The monoisotopic (exact) mass is 313 g/mol. The maximum Gasteiger partial charge on any atom is 0.424 e. The van der Waals surface area contributed by atoms with Gasteiger partial charge in [0.1, 0.15) is 0 Å². The first-order chi connectivity index (χ1) is 8.68.